The van der Waals surface area contributed by atoms with Gasteiger partial charge in [0.05, 0.1) is 0 Å². The molecule has 0 bridgehead atoms. The molecule has 5 nitrogen and oxygen atoms in total. The lowest BCUT2D eigenvalue weighted by atomic mass is 10.3. The maximum atomic E-state index is 5.63. The van der Waals surface area contributed by atoms with E-state index in [1.54, 1.807) is 11.3 Å². The highest BCUT2D eigenvalue weighted by Gasteiger charge is 1.95. The van der Waals surface area contributed by atoms with Gasteiger partial charge in [-0.3, -0.25) is 15.3 Å². The van der Waals surface area contributed by atoms with Crippen LogP contribution in [0.3, 0.4) is 0 Å². The zero-order chi connectivity index (χ0) is 11.8. The van der Waals surface area contributed by atoms with Crippen molar-refractivity contribution in [3.8, 4) is 0 Å². The Labute approximate surface area is 99.3 Å². The van der Waals surface area contributed by atoms with Crippen LogP contribution < -0.4 is 16.8 Å². The summed E-state index contributed by atoms with van der Waals surface area (Å²) < 4.78 is 0. The third-order valence-corrected chi connectivity index (χ3v) is 2.74. The van der Waals surface area contributed by atoms with Crippen LogP contribution in [-0.2, 0) is 6.42 Å². The van der Waals surface area contributed by atoms with E-state index in [2.05, 4.69) is 21.4 Å². The zero-order valence-electron chi connectivity index (χ0n) is 9.31. The molecule has 1 aromatic rings. The number of nitrogens with one attached hydrogen (secondary N) is 1. The van der Waals surface area contributed by atoms with Gasteiger partial charge >= 0.3 is 0 Å². The van der Waals surface area contributed by atoms with E-state index < -0.39 is 0 Å². The predicted octanol–water partition coefficient (Wildman–Crippen LogP) is 0.530. The fourth-order valence-corrected chi connectivity index (χ4v) is 1.82. The Bertz CT molecular complexity index is 355. The second kappa shape index (κ2) is 6.84. The summed E-state index contributed by atoms with van der Waals surface area (Å²) in [6, 6.07) is 4.11. The van der Waals surface area contributed by atoms with Gasteiger partial charge in [-0.05, 0) is 18.4 Å². The molecule has 1 heterocycles. The van der Waals surface area contributed by atoms with Gasteiger partial charge in [0.2, 0.25) is 0 Å². The number of nitrogens with two attached hydrogens (primary N) is 2. The molecule has 16 heavy (non-hydrogen) atoms. The first-order valence-electron chi connectivity index (χ1n) is 5.11. The van der Waals surface area contributed by atoms with Gasteiger partial charge in [0, 0.05) is 24.4 Å². The summed E-state index contributed by atoms with van der Waals surface area (Å²) in [5.41, 5.74) is 11.2. The lowest BCUT2D eigenvalue weighted by molar-refractivity contribution is 0.970. The summed E-state index contributed by atoms with van der Waals surface area (Å²) in [5, 5.41) is 4.77. The maximum Gasteiger partial charge on any atom is 0.195 e. The van der Waals surface area contributed by atoms with Gasteiger partial charge in [0.25, 0.3) is 0 Å². The lowest BCUT2D eigenvalue weighted by Crippen LogP contribution is -2.41. The minimum absolute atomic E-state index is 0.305. The number of aliphatic imine (C=N–C) groups is 2. The van der Waals surface area contributed by atoms with Crippen molar-refractivity contribution in [3.05, 3.63) is 22.4 Å². The molecule has 1 aromatic heterocycles. The number of guanidine groups is 2. The molecular formula is C10H17N5S. The van der Waals surface area contributed by atoms with Gasteiger partial charge in [-0.1, -0.05) is 6.07 Å². The van der Waals surface area contributed by atoms with Crippen LogP contribution in [0.1, 0.15) is 11.8 Å². The molecule has 5 N–H and O–H groups in total. The molecule has 0 spiro atoms. The molecule has 1 rings (SSSR count). The molecule has 0 radical (unpaired) electrons. The molecule has 0 aromatic carbocycles. The van der Waals surface area contributed by atoms with Crippen molar-refractivity contribution in [2.24, 2.45) is 21.5 Å². The quantitative estimate of drug-likeness (QED) is 0.529. The molecule has 0 saturated carbocycles. The third kappa shape index (κ3) is 4.79. The van der Waals surface area contributed by atoms with Gasteiger partial charge in [0.15, 0.2) is 11.9 Å². The summed E-state index contributed by atoms with van der Waals surface area (Å²) in [5.74, 6) is 0.617. The molecule has 6 heteroatoms. The van der Waals surface area contributed by atoms with Crippen molar-refractivity contribution >= 4 is 23.3 Å². The topological polar surface area (TPSA) is 88.8 Å². The highest BCUT2D eigenvalue weighted by molar-refractivity contribution is 7.09. The van der Waals surface area contributed by atoms with Crippen LogP contribution in [0.5, 0.6) is 0 Å². The Kier molecular flexibility index (Phi) is 5.35. The minimum atomic E-state index is 0.305. The van der Waals surface area contributed by atoms with Crippen molar-refractivity contribution in [3.63, 3.8) is 0 Å². The van der Waals surface area contributed by atoms with Crippen LogP contribution in [0.4, 0.5) is 0 Å². The summed E-state index contributed by atoms with van der Waals surface area (Å²) in [6.07, 6.45) is 0.894. The summed E-state index contributed by atoms with van der Waals surface area (Å²) >= 11 is 1.72. The highest BCUT2D eigenvalue weighted by atomic mass is 32.1. The van der Waals surface area contributed by atoms with Crippen LogP contribution >= 0.6 is 11.3 Å². The van der Waals surface area contributed by atoms with Crippen molar-refractivity contribution < 1.29 is 0 Å². The van der Waals surface area contributed by atoms with E-state index in [4.69, 9.17) is 11.5 Å². The van der Waals surface area contributed by atoms with E-state index in [0.717, 1.165) is 6.42 Å². The average molecular weight is 239 g/mol. The Morgan fingerprint density at radius 2 is 2.12 bits per heavy atom. The second-order valence-corrected chi connectivity index (χ2v) is 4.11. The zero-order valence-corrected chi connectivity index (χ0v) is 10.1. The first-order chi connectivity index (χ1) is 7.72. The maximum absolute atomic E-state index is 5.63. The van der Waals surface area contributed by atoms with E-state index >= 15 is 0 Å². The lowest BCUT2D eigenvalue weighted by Gasteiger charge is -2.03. The first-order valence-corrected chi connectivity index (χ1v) is 5.99. The van der Waals surface area contributed by atoms with Crippen LogP contribution in [-0.4, -0.2) is 25.0 Å². The van der Waals surface area contributed by atoms with E-state index in [9.17, 15) is 0 Å². The molecule has 0 atom stereocenters. The number of hydrogen-bond donors (Lipinski definition) is 3. The highest BCUT2D eigenvalue weighted by Crippen LogP contribution is 2.08. The minimum Gasteiger partial charge on any atom is -0.370 e. The first kappa shape index (κ1) is 12.5. The molecule has 88 valence electrons. The van der Waals surface area contributed by atoms with E-state index in [1.165, 1.54) is 4.88 Å². The largest absolute Gasteiger partial charge is 0.370 e. The fourth-order valence-electron chi connectivity index (χ4n) is 1.12. The van der Waals surface area contributed by atoms with Gasteiger partial charge in [-0.2, -0.15) is 0 Å². The number of thiophene rings is 1. The fraction of sp³-hybridized carbons (Fsp3) is 0.400. The molecule has 0 aliphatic carbocycles. The van der Waals surface area contributed by atoms with E-state index in [1.807, 2.05) is 18.4 Å². The van der Waals surface area contributed by atoms with Gasteiger partial charge < -0.3 is 11.5 Å². The van der Waals surface area contributed by atoms with Crippen molar-refractivity contribution in [2.75, 3.05) is 13.1 Å². The van der Waals surface area contributed by atoms with Gasteiger partial charge in [0.1, 0.15) is 0 Å². The summed E-state index contributed by atoms with van der Waals surface area (Å²) in [7, 11) is 0. The van der Waals surface area contributed by atoms with Gasteiger partial charge in [-0.15, -0.1) is 11.3 Å². The van der Waals surface area contributed by atoms with E-state index in [-0.39, 0.29) is 0 Å². The molecule has 0 saturated heterocycles. The molecule has 0 amide bonds. The molecule has 0 unspecified atom stereocenters. The summed E-state index contributed by atoms with van der Waals surface area (Å²) in [4.78, 5) is 9.40. The van der Waals surface area contributed by atoms with Gasteiger partial charge in [-0.25, -0.2) is 0 Å². The van der Waals surface area contributed by atoms with Crippen molar-refractivity contribution in [1.82, 2.24) is 5.32 Å². The van der Waals surface area contributed by atoms with Crippen molar-refractivity contribution in [2.45, 2.75) is 13.3 Å². The Morgan fingerprint density at radius 1 is 1.38 bits per heavy atom. The third-order valence-electron chi connectivity index (χ3n) is 1.81. The van der Waals surface area contributed by atoms with Crippen LogP contribution in [0.25, 0.3) is 0 Å². The van der Waals surface area contributed by atoms with Crippen LogP contribution in [0, 0.1) is 0 Å². The molecule has 0 aliphatic heterocycles. The molecule has 0 aliphatic rings. The second-order valence-electron chi connectivity index (χ2n) is 3.08. The summed E-state index contributed by atoms with van der Waals surface area (Å²) in [6.45, 7) is 3.18. The standard InChI is InChI=1S/C10H17N5S/c1-2-13-9(11)15-10(12)14-6-5-8-4-3-7-16-8/h3-4,7H,2,5-6H2,1H3,(H5,11,12,13,14,15). The number of hydrogen-bond acceptors (Lipinski definition) is 3. The van der Waals surface area contributed by atoms with E-state index in [0.29, 0.717) is 25.0 Å². The number of rotatable bonds is 4. The number of nitrogens with zero attached hydrogens (tertiary/aromatic N) is 2. The SMILES string of the molecule is CCN=C(N)NC(N)=NCCc1cccs1. The van der Waals surface area contributed by atoms with Crippen LogP contribution in [0.2, 0.25) is 0 Å². The Morgan fingerprint density at radius 3 is 2.75 bits per heavy atom. The predicted molar refractivity (Wildman–Crippen MR) is 69.8 cm³/mol. The Hall–Kier alpha value is -1.56. The normalized spacial score (nSPS) is 12.8. The monoisotopic (exact) mass is 239 g/mol. The smallest absolute Gasteiger partial charge is 0.195 e. The molecule has 0 fully saturated rings. The van der Waals surface area contributed by atoms with Crippen molar-refractivity contribution in [1.29, 1.82) is 0 Å². The average Bonchev–Trinajstić information content (AvgIpc) is 2.70. The molecular weight excluding hydrogens is 222 g/mol. The van der Waals surface area contributed by atoms with Crippen LogP contribution in [0.15, 0.2) is 27.5 Å². The Balaban J connectivity index is 2.31.